The lowest BCUT2D eigenvalue weighted by Gasteiger charge is -2.22. The van der Waals surface area contributed by atoms with E-state index in [1.165, 1.54) is 12.8 Å². The van der Waals surface area contributed by atoms with E-state index in [1.807, 2.05) is 19.9 Å². The molecule has 1 aliphatic heterocycles. The molecule has 0 aromatic carbocycles. The Balaban J connectivity index is 1.80. The third kappa shape index (κ3) is 3.80. The van der Waals surface area contributed by atoms with Gasteiger partial charge in [-0.2, -0.15) is 5.10 Å². The van der Waals surface area contributed by atoms with Crippen LogP contribution >= 0.6 is 0 Å². The van der Waals surface area contributed by atoms with Crippen molar-refractivity contribution in [1.82, 2.24) is 20.4 Å². The second-order valence-corrected chi connectivity index (χ2v) is 5.24. The number of carbonyl (C=O) groups excluding carboxylic acids is 1. The number of rotatable bonds is 5. The van der Waals surface area contributed by atoms with Gasteiger partial charge in [-0.3, -0.25) is 9.48 Å². The van der Waals surface area contributed by atoms with E-state index in [0.717, 1.165) is 38.3 Å². The maximum atomic E-state index is 12.1. The highest BCUT2D eigenvalue weighted by molar-refractivity contribution is 5.92. The summed E-state index contributed by atoms with van der Waals surface area (Å²) in [5.74, 6) is 0.693. The minimum absolute atomic E-state index is 0.00813. The molecule has 5 nitrogen and oxygen atoms in total. The Hall–Kier alpha value is -1.36. The first-order chi connectivity index (χ1) is 9.20. The van der Waals surface area contributed by atoms with Gasteiger partial charge in [-0.25, -0.2) is 0 Å². The van der Waals surface area contributed by atoms with Crippen molar-refractivity contribution in [3.63, 3.8) is 0 Å². The van der Waals surface area contributed by atoms with Crippen LogP contribution < -0.4 is 10.6 Å². The van der Waals surface area contributed by atoms with E-state index in [2.05, 4.69) is 15.7 Å². The molecule has 2 rings (SSSR count). The van der Waals surface area contributed by atoms with Crippen molar-refractivity contribution in [2.24, 2.45) is 5.92 Å². The average Bonchev–Trinajstić information content (AvgIpc) is 2.81. The zero-order valence-electron chi connectivity index (χ0n) is 11.9. The van der Waals surface area contributed by atoms with Gasteiger partial charge in [0.1, 0.15) is 5.69 Å². The molecule has 19 heavy (non-hydrogen) atoms. The molecular formula is C14H24N4O. The van der Waals surface area contributed by atoms with Crippen LogP contribution in [0.3, 0.4) is 0 Å². The molecule has 1 amide bonds. The van der Waals surface area contributed by atoms with Gasteiger partial charge in [-0.15, -0.1) is 0 Å². The van der Waals surface area contributed by atoms with Crippen LogP contribution in [0.1, 0.15) is 42.4 Å². The standard InChI is InChI=1S/C14H24N4O/c1-3-18-13(9-11(2)17-18)14(19)16-8-6-12-5-4-7-15-10-12/h9,12,15H,3-8,10H2,1-2H3,(H,16,19). The number of piperidine rings is 1. The van der Waals surface area contributed by atoms with E-state index in [-0.39, 0.29) is 5.91 Å². The summed E-state index contributed by atoms with van der Waals surface area (Å²) in [7, 11) is 0. The fourth-order valence-electron chi connectivity index (χ4n) is 2.62. The molecule has 1 saturated heterocycles. The summed E-state index contributed by atoms with van der Waals surface area (Å²) in [6, 6.07) is 1.85. The SMILES string of the molecule is CCn1nc(C)cc1C(=O)NCCC1CCCNC1. The summed E-state index contributed by atoms with van der Waals surface area (Å²) >= 11 is 0. The highest BCUT2D eigenvalue weighted by Crippen LogP contribution is 2.13. The first-order valence-corrected chi connectivity index (χ1v) is 7.24. The van der Waals surface area contributed by atoms with Crippen LogP contribution in [0.4, 0.5) is 0 Å². The van der Waals surface area contributed by atoms with Gasteiger partial charge >= 0.3 is 0 Å². The summed E-state index contributed by atoms with van der Waals surface area (Å²) < 4.78 is 1.76. The van der Waals surface area contributed by atoms with Gasteiger partial charge in [0.25, 0.3) is 5.91 Å². The fourth-order valence-corrected chi connectivity index (χ4v) is 2.62. The van der Waals surface area contributed by atoms with Gasteiger partial charge in [0.2, 0.25) is 0 Å². The van der Waals surface area contributed by atoms with Gasteiger partial charge in [-0.1, -0.05) is 0 Å². The molecule has 0 radical (unpaired) electrons. The Kier molecular flexibility index (Phi) is 4.96. The number of amides is 1. The second kappa shape index (κ2) is 6.70. The smallest absolute Gasteiger partial charge is 0.269 e. The Morgan fingerprint density at radius 3 is 3.16 bits per heavy atom. The molecule has 1 aromatic rings. The molecule has 0 bridgehead atoms. The van der Waals surface area contributed by atoms with Crippen molar-refractivity contribution in [1.29, 1.82) is 0 Å². The first-order valence-electron chi connectivity index (χ1n) is 7.24. The molecule has 2 N–H and O–H groups in total. The molecule has 1 unspecified atom stereocenters. The topological polar surface area (TPSA) is 59.0 Å². The zero-order chi connectivity index (χ0) is 13.7. The molecule has 1 aliphatic rings. The summed E-state index contributed by atoms with van der Waals surface area (Å²) in [5, 5.41) is 10.7. The second-order valence-electron chi connectivity index (χ2n) is 5.24. The zero-order valence-corrected chi connectivity index (χ0v) is 11.9. The van der Waals surface area contributed by atoms with E-state index >= 15 is 0 Å². The Labute approximate surface area is 114 Å². The van der Waals surface area contributed by atoms with Gasteiger partial charge in [0.15, 0.2) is 0 Å². The van der Waals surface area contributed by atoms with Crippen molar-refractivity contribution < 1.29 is 4.79 Å². The lowest BCUT2D eigenvalue weighted by Crippen LogP contribution is -2.33. The highest BCUT2D eigenvalue weighted by atomic mass is 16.2. The van der Waals surface area contributed by atoms with Crippen molar-refractivity contribution in [3.05, 3.63) is 17.5 Å². The average molecular weight is 264 g/mol. The van der Waals surface area contributed by atoms with E-state index in [4.69, 9.17) is 0 Å². The fraction of sp³-hybridized carbons (Fsp3) is 0.714. The summed E-state index contributed by atoms with van der Waals surface area (Å²) in [6.45, 7) is 7.61. The minimum Gasteiger partial charge on any atom is -0.351 e. The van der Waals surface area contributed by atoms with Crippen LogP contribution in [0.5, 0.6) is 0 Å². The first kappa shape index (κ1) is 14.1. The van der Waals surface area contributed by atoms with Crippen LogP contribution in [0.15, 0.2) is 6.07 Å². The largest absolute Gasteiger partial charge is 0.351 e. The van der Waals surface area contributed by atoms with Crippen molar-refractivity contribution in [2.45, 2.75) is 39.7 Å². The molecule has 1 atom stereocenters. The molecular weight excluding hydrogens is 240 g/mol. The monoisotopic (exact) mass is 264 g/mol. The number of aryl methyl sites for hydroxylation is 2. The van der Waals surface area contributed by atoms with Crippen molar-refractivity contribution >= 4 is 5.91 Å². The van der Waals surface area contributed by atoms with Crippen LogP contribution in [0, 0.1) is 12.8 Å². The molecule has 2 heterocycles. The van der Waals surface area contributed by atoms with Crippen LogP contribution in [-0.4, -0.2) is 35.3 Å². The van der Waals surface area contributed by atoms with Crippen molar-refractivity contribution in [2.75, 3.05) is 19.6 Å². The van der Waals surface area contributed by atoms with E-state index < -0.39 is 0 Å². The Morgan fingerprint density at radius 1 is 1.63 bits per heavy atom. The third-order valence-electron chi connectivity index (χ3n) is 3.67. The van der Waals surface area contributed by atoms with E-state index in [0.29, 0.717) is 11.6 Å². The maximum absolute atomic E-state index is 12.1. The maximum Gasteiger partial charge on any atom is 0.269 e. The summed E-state index contributed by atoms with van der Waals surface area (Å²) in [4.78, 5) is 12.1. The number of nitrogens with one attached hydrogen (secondary N) is 2. The van der Waals surface area contributed by atoms with Crippen LogP contribution in [-0.2, 0) is 6.54 Å². The van der Waals surface area contributed by atoms with Gasteiger partial charge in [0.05, 0.1) is 5.69 Å². The molecule has 5 heteroatoms. The predicted octanol–water partition coefficient (Wildman–Crippen LogP) is 1.33. The van der Waals surface area contributed by atoms with Gasteiger partial charge in [-0.05, 0) is 58.2 Å². The lowest BCUT2D eigenvalue weighted by atomic mass is 9.96. The Morgan fingerprint density at radius 2 is 2.47 bits per heavy atom. The van der Waals surface area contributed by atoms with Crippen molar-refractivity contribution in [3.8, 4) is 0 Å². The molecule has 106 valence electrons. The Bertz CT molecular complexity index is 421. The molecule has 1 aromatic heterocycles. The van der Waals surface area contributed by atoms with E-state index in [1.54, 1.807) is 4.68 Å². The number of hydrogen-bond acceptors (Lipinski definition) is 3. The number of nitrogens with zero attached hydrogens (tertiary/aromatic N) is 2. The predicted molar refractivity (Wildman–Crippen MR) is 75.2 cm³/mol. The summed E-state index contributed by atoms with van der Waals surface area (Å²) in [6.07, 6.45) is 3.58. The van der Waals surface area contributed by atoms with Gasteiger partial charge in [0, 0.05) is 13.1 Å². The molecule has 0 spiro atoms. The molecule has 1 fully saturated rings. The molecule has 0 aliphatic carbocycles. The lowest BCUT2D eigenvalue weighted by molar-refractivity contribution is 0.0940. The van der Waals surface area contributed by atoms with Crippen LogP contribution in [0.25, 0.3) is 0 Å². The number of aromatic nitrogens is 2. The number of carbonyl (C=O) groups is 1. The van der Waals surface area contributed by atoms with E-state index in [9.17, 15) is 4.79 Å². The highest BCUT2D eigenvalue weighted by Gasteiger charge is 2.15. The van der Waals surface area contributed by atoms with Crippen LogP contribution in [0.2, 0.25) is 0 Å². The number of hydrogen-bond donors (Lipinski definition) is 2. The minimum atomic E-state index is -0.00813. The van der Waals surface area contributed by atoms with Gasteiger partial charge < -0.3 is 10.6 Å². The molecule has 0 saturated carbocycles. The summed E-state index contributed by atoms with van der Waals surface area (Å²) in [5.41, 5.74) is 1.56. The quantitative estimate of drug-likeness (QED) is 0.843. The normalized spacial score (nSPS) is 19.4. The third-order valence-corrected chi connectivity index (χ3v) is 3.67.